The molecule has 0 bridgehead atoms. The molecule has 1 aromatic rings. The first-order valence-electron chi connectivity index (χ1n) is 7.36. The van der Waals surface area contributed by atoms with Crippen LogP contribution in [0.25, 0.3) is 0 Å². The van der Waals surface area contributed by atoms with E-state index in [1.807, 2.05) is 6.07 Å². The zero-order valence-electron chi connectivity index (χ0n) is 12.6. The molecule has 1 aliphatic carbocycles. The maximum absolute atomic E-state index is 12.3. The highest BCUT2D eigenvalue weighted by molar-refractivity contribution is 7.91. The quantitative estimate of drug-likeness (QED) is 0.834. The average molecular weight is 313 g/mol. The molecule has 0 spiro atoms. The first-order chi connectivity index (χ1) is 9.89. The van der Waals surface area contributed by atoms with Crippen LogP contribution in [0.1, 0.15) is 37.9 Å². The average Bonchev–Trinajstić information content (AvgIpc) is 2.96. The molecule has 1 fully saturated rings. The zero-order valence-corrected chi connectivity index (χ0v) is 13.4. The standard InChI is InChI=1S/C15H23NO4S/c1-16(15(17)10-9-12-6-5-11-20-12)13-7-3-4-8-14(13)21(2,18)19/h5-6,11,13-14H,3-4,7-10H2,1-2H3/t13-,14+/m1/s1. The summed E-state index contributed by atoms with van der Waals surface area (Å²) < 4.78 is 29.0. The number of carbonyl (C=O) groups is 1. The van der Waals surface area contributed by atoms with Crippen LogP contribution in [0.3, 0.4) is 0 Å². The van der Waals surface area contributed by atoms with Gasteiger partial charge in [0.25, 0.3) is 0 Å². The van der Waals surface area contributed by atoms with E-state index in [9.17, 15) is 13.2 Å². The fourth-order valence-corrected chi connectivity index (χ4v) is 4.55. The van der Waals surface area contributed by atoms with Crippen LogP contribution >= 0.6 is 0 Å². The van der Waals surface area contributed by atoms with Crippen molar-refractivity contribution in [2.45, 2.75) is 49.8 Å². The molecule has 21 heavy (non-hydrogen) atoms. The van der Waals surface area contributed by atoms with Crippen molar-refractivity contribution in [1.82, 2.24) is 4.90 Å². The summed E-state index contributed by atoms with van der Waals surface area (Å²) in [7, 11) is -1.40. The van der Waals surface area contributed by atoms with Crippen LogP contribution in [0.5, 0.6) is 0 Å². The van der Waals surface area contributed by atoms with Crippen LogP contribution in [0.2, 0.25) is 0 Å². The van der Waals surface area contributed by atoms with Crippen LogP contribution < -0.4 is 0 Å². The molecule has 0 aromatic carbocycles. The van der Waals surface area contributed by atoms with Crippen molar-refractivity contribution in [3.05, 3.63) is 24.2 Å². The third-order valence-corrected chi connectivity index (χ3v) is 5.92. The fraction of sp³-hybridized carbons (Fsp3) is 0.667. The topological polar surface area (TPSA) is 67.6 Å². The van der Waals surface area contributed by atoms with Crippen LogP contribution in [0.15, 0.2) is 22.8 Å². The van der Waals surface area contributed by atoms with Crippen molar-refractivity contribution in [2.75, 3.05) is 13.3 Å². The second-order valence-corrected chi connectivity index (χ2v) is 8.07. The summed E-state index contributed by atoms with van der Waals surface area (Å²) in [5, 5.41) is -0.427. The van der Waals surface area contributed by atoms with Gasteiger partial charge >= 0.3 is 0 Å². The van der Waals surface area contributed by atoms with Crippen molar-refractivity contribution in [3.63, 3.8) is 0 Å². The Morgan fingerprint density at radius 2 is 2.10 bits per heavy atom. The second kappa shape index (κ2) is 6.64. The van der Waals surface area contributed by atoms with E-state index in [-0.39, 0.29) is 11.9 Å². The molecule has 0 unspecified atom stereocenters. The molecule has 118 valence electrons. The first-order valence-corrected chi connectivity index (χ1v) is 9.32. The van der Waals surface area contributed by atoms with Gasteiger partial charge in [-0.05, 0) is 25.0 Å². The van der Waals surface area contributed by atoms with Crippen molar-refractivity contribution in [1.29, 1.82) is 0 Å². The number of hydrogen-bond donors (Lipinski definition) is 0. The minimum absolute atomic E-state index is 0.0213. The molecule has 1 heterocycles. The third kappa shape index (κ3) is 4.09. The van der Waals surface area contributed by atoms with E-state index >= 15 is 0 Å². The van der Waals surface area contributed by atoms with Gasteiger partial charge in [-0.1, -0.05) is 12.8 Å². The number of sulfone groups is 1. The minimum atomic E-state index is -3.12. The van der Waals surface area contributed by atoms with Gasteiger partial charge in [-0.25, -0.2) is 8.42 Å². The van der Waals surface area contributed by atoms with E-state index < -0.39 is 15.1 Å². The molecule has 2 atom stereocenters. The highest BCUT2D eigenvalue weighted by atomic mass is 32.2. The number of rotatable bonds is 5. The lowest BCUT2D eigenvalue weighted by molar-refractivity contribution is -0.132. The van der Waals surface area contributed by atoms with Crippen LogP contribution in [0, 0.1) is 0 Å². The number of nitrogens with zero attached hydrogens (tertiary/aromatic N) is 1. The molecular weight excluding hydrogens is 290 g/mol. The smallest absolute Gasteiger partial charge is 0.223 e. The Hall–Kier alpha value is -1.30. The number of aryl methyl sites for hydroxylation is 1. The predicted molar refractivity (Wildman–Crippen MR) is 80.7 cm³/mol. The summed E-state index contributed by atoms with van der Waals surface area (Å²) in [6.45, 7) is 0. The lowest BCUT2D eigenvalue weighted by Crippen LogP contribution is -2.49. The number of carbonyl (C=O) groups excluding carboxylic acids is 1. The summed E-state index contributed by atoms with van der Waals surface area (Å²) in [5.74, 6) is 0.756. The summed E-state index contributed by atoms with van der Waals surface area (Å²) in [4.78, 5) is 13.9. The van der Waals surface area contributed by atoms with Crippen LogP contribution in [-0.2, 0) is 21.1 Å². The van der Waals surface area contributed by atoms with E-state index in [1.165, 1.54) is 6.26 Å². The Kier molecular flexibility index (Phi) is 5.08. The van der Waals surface area contributed by atoms with E-state index in [1.54, 1.807) is 24.3 Å². The lowest BCUT2D eigenvalue weighted by Gasteiger charge is -2.37. The Morgan fingerprint density at radius 3 is 2.71 bits per heavy atom. The van der Waals surface area contributed by atoms with E-state index in [4.69, 9.17) is 4.42 Å². The molecule has 1 aromatic heterocycles. The van der Waals surface area contributed by atoms with Gasteiger partial charge in [0.15, 0.2) is 9.84 Å². The zero-order chi connectivity index (χ0) is 15.5. The molecule has 1 aliphatic rings. The van der Waals surface area contributed by atoms with Crippen molar-refractivity contribution >= 4 is 15.7 Å². The number of amides is 1. The maximum atomic E-state index is 12.3. The maximum Gasteiger partial charge on any atom is 0.223 e. The summed E-state index contributed by atoms with van der Waals surface area (Å²) >= 11 is 0. The van der Waals surface area contributed by atoms with Gasteiger partial charge < -0.3 is 9.32 Å². The lowest BCUT2D eigenvalue weighted by atomic mass is 9.93. The molecule has 1 saturated carbocycles. The van der Waals surface area contributed by atoms with E-state index in [0.29, 0.717) is 19.3 Å². The fourth-order valence-electron chi connectivity index (χ4n) is 3.07. The van der Waals surface area contributed by atoms with Crippen molar-refractivity contribution in [2.24, 2.45) is 0 Å². The van der Waals surface area contributed by atoms with Gasteiger partial charge in [-0.3, -0.25) is 4.79 Å². The van der Waals surface area contributed by atoms with Gasteiger partial charge in [-0.2, -0.15) is 0 Å². The molecule has 5 nitrogen and oxygen atoms in total. The van der Waals surface area contributed by atoms with Gasteiger partial charge in [0.05, 0.1) is 11.5 Å². The molecule has 0 saturated heterocycles. The Labute approximate surface area is 126 Å². The van der Waals surface area contributed by atoms with Gasteiger partial charge in [-0.15, -0.1) is 0 Å². The number of hydrogen-bond acceptors (Lipinski definition) is 4. The third-order valence-electron chi connectivity index (χ3n) is 4.27. The first kappa shape index (κ1) is 16.1. The van der Waals surface area contributed by atoms with Crippen LogP contribution in [-0.4, -0.2) is 43.8 Å². The van der Waals surface area contributed by atoms with E-state index in [0.717, 1.165) is 25.0 Å². The predicted octanol–water partition coefficient (Wildman–Crippen LogP) is 2.03. The van der Waals surface area contributed by atoms with Gasteiger partial charge in [0, 0.05) is 32.2 Å². The molecule has 1 amide bonds. The normalized spacial score (nSPS) is 23.0. The van der Waals surface area contributed by atoms with Crippen LogP contribution in [0.4, 0.5) is 0 Å². The molecular formula is C15H23NO4S. The largest absolute Gasteiger partial charge is 0.469 e. The second-order valence-electron chi connectivity index (χ2n) is 5.80. The summed E-state index contributed by atoms with van der Waals surface area (Å²) in [6.07, 6.45) is 7.07. The number of furan rings is 1. The Balaban J connectivity index is 1.99. The summed E-state index contributed by atoms with van der Waals surface area (Å²) in [5.41, 5.74) is 0. The molecule has 0 aliphatic heterocycles. The van der Waals surface area contributed by atoms with Gasteiger partial charge in [0.1, 0.15) is 5.76 Å². The molecule has 2 rings (SSSR count). The molecule has 0 radical (unpaired) electrons. The van der Waals surface area contributed by atoms with Gasteiger partial charge in [0.2, 0.25) is 5.91 Å². The minimum Gasteiger partial charge on any atom is -0.469 e. The molecule has 6 heteroatoms. The van der Waals surface area contributed by atoms with Crippen molar-refractivity contribution in [3.8, 4) is 0 Å². The monoisotopic (exact) mass is 313 g/mol. The Morgan fingerprint density at radius 1 is 1.38 bits per heavy atom. The summed E-state index contributed by atoms with van der Waals surface area (Å²) in [6, 6.07) is 3.44. The SMILES string of the molecule is CN(C(=O)CCc1ccco1)[C@@H]1CCCC[C@@H]1S(C)(=O)=O. The highest BCUT2D eigenvalue weighted by Crippen LogP contribution is 2.27. The van der Waals surface area contributed by atoms with Crippen molar-refractivity contribution < 1.29 is 17.6 Å². The molecule has 0 N–H and O–H groups in total. The highest BCUT2D eigenvalue weighted by Gasteiger charge is 2.36. The van der Waals surface area contributed by atoms with E-state index in [2.05, 4.69) is 0 Å². The Bertz CT molecular complexity index is 565.